The SMILES string of the molecule is COS(=O)(=O)[O-].COS(=O)(=O)[O-].C[n+]1c(CCCc2sc3ccccc3[n+]2C)sc2ccccc21. The first-order valence-corrected chi connectivity index (χ1v) is 14.4. The molecule has 2 aromatic heterocycles. The van der Waals surface area contributed by atoms with Crippen LogP contribution in [0.3, 0.4) is 0 Å². The molecule has 0 bridgehead atoms. The lowest BCUT2D eigenvalue weighted by Crippen LogP contribution is -2.32. The first-order valence-electron chi connectivity index (χ1n) is 10.1. The molecule has 0 unspecified atom stereocenters. The van der Waals surface area contributed by atoms with Crippen LogP contribution in [0.15, 0.2) is 48.5 Å². The lowest BCUT2D eigenvalue weighted by Gasteiger charge is -1.98. The summed E-state index contributed by atoms with van der Waals surface area (Å²) in [5, 5.41) is 2.94. The maximum atomic E-state index is 9.22. The third kappa shape index (κ3) is 9.16. The Labute approximate surface area is 212 Å². The molecule has 4 aromatic rings. The normalized spacial score (nSPS) is 11.6. The summed E-state index contributed by atoms with van der Waals surface area (Å²) in [5.74, 6) is 0. The van der Waals surface area contributed by atoms with E-state index in [2.05, 4.69) is 80.1 Å². The fourth-order valence-electron chi connectivity index (χ4n) is 3.13. The van der Waals surface area contributed by atoms with Crippen LogP contribution in [0.5, 0.6) is 0 Å². The van der Waals surface area contributed by atoms with E-state index >= 15 is 0 Å². The summed E-state index contributed by atoms with van der Waals surface area (Å²) < 4.78 is 69.5. The summed E-state index contributed by atoms with van der Waals surface area (Å²) in [7, 11) is -2.83. The Morgan fingerprint density at radius 2 is 1.03 bits per heavy atom. The van der Waals surface area contributed by atoms with E-state index in [1.54, 1.807) is 0 Å². The second kappa shape index (κ2) is 12.8. The molecule has 35 heavy (non-hydrogen) atoms. The number of aryl methyl sites for hydroxylation is 4. The van der Waals surface area contributed by atoms with E-state index in [4.69, 9.17) is 0 Å². The topological polar surface area (TPSA) is 141 Å². The highest BCUT2D eigenvalue weighted by Gasteiger charge is 2.19. The van der Waals surface area contributed by atoms with Crippen LogP contribution in [-0.2, 0) is 56.1 Å². The minimum absolute atomic E-state index is 0.808. The molecule has 14 heteroatoms. The van der Waals surface area contributed by atoms with Gasteiger partial charge in [0.15, 0.2) is 0 Å². The van der Waals surface area contributed by atoms with E-state index in [0.717, 1.165) is 27.1 Å². The van der Waals surface area contributed by atoms with Gasteiger partial charge < -0.3 is 9.11 Å². The molecule has 192 valence electrons. The van der Waals surface area contributed by atoms with Gasteiger partial charge in [0.25, 0.3) is 0 Å². The molecular weight excluding hydrogens is 537 g/mol. The van der Waals surface area contributed by atoms with Crippen LogP contribution in [0, 0.1) is 0 Å². The number of hydrogen-bond acceptors (Lipinski definition) is 10. The van der Waals surface area contributed by atoms with Gasteiger partial charge in [-0.3, -0.25) is 8.37 Å². The molecule has 0 saturated heterocycles. The van der Waals surface area contributed by atoms with Crippen LogP contribution in [0.2, 0.25) is 0 Å². The summed E-state index contributed by atoms with van der Waals surface area (Å²) in [6.07, 6.45) is 3.48. The van der Waals surface area contributed by atoms with Gasteiger partial charge in [0.05, 0.1) is 14.2 Å². The quantitative estimate of drug-likeness (QED) is 0.198. The molecule has 0 spiro atoms. The van der Waals surface area contributed by atoms with Gasteiger partial charge in [-0.05, 0) is 18.6 Å². The van der Waals surface area contributed by atoms with Crippen molar-refractivity contribution in [2.24, 2.45) is 14.1 Å². The van der Waals surface area contributed by atoms with Gasteiger partial charge in [0, 0.05) is 25.0 Å². The van der Waals surface area contributed by atoms with Gasteiger partial charge in [0.2, 0.25) is 41.8 Å². The standard InChI is InChI=1S/C19H20N2S2.2CH4O4S/c1-20-14-8-3-5-10-16(14)22-18(20)12-7-13-19-21(2)15-9-4-6-11-17(15)23-19;2*1-5-6(2,3)4/h3-6,8-11H,7,12-13H2,1-2H3;2*1H3,(H,2,3,4)/q+2;;/p-2. The molecule has 2 aromatic carbocycles. The van der Waals surface area contributed by atoms with Crippen molar-refractivity contribution in [3.05, 3.63) is 58.5 Å². The number of benzene rings is 2. The molecular formula is C21H26N2O8S4. The van der Waals surface area contributed by atoms with Crippen molar-refractivity contribution >= 4 is 63.9 Å². The molecule has 10 nitrogen and oxygen atoms in total. The van der Waals surface area contributed by atoms with Gasteiger partial charge in [-0.15, -0.1) is 0 Å². The van der Waals surface area contributed by atoms with Gasteiger partial charge in [0.1, 0.15) is 23.5 Å². The van der Waals surface area contributed by atoms with E-state index in [9.17, 15) is 25.9 Å². The molecule has 0 fully saturated rings. The summed E-state index contributed by atoms with van der Waals surface area (Å²) in [5.41, 5.74) is 2.69. The average molecular weight is 563 g/mol. The molecule has 0 atom stereocenters. The Balaban J connectivity index is 0.000000301. The fraction of sp³-hybridized carbons (Fsp3) is 0.333. The average Bonchev–Trinajstić information content (AvgIpc) is 3.31. The molecule has 0 aliphatic rings. The van der Waals surface area contributed by atoms with Crippen LogP contribution in [0.1, 0.15) is 16.4 Å². The van der Waals surface area contributed by atoms with Crippen molar-refractivity contribution in [2.75, 3.05) is 14.2 Å². The number of nitrogens with zero attached hydrogens (tertiary/aromatic N) is 2. The minimum Gasteiger partial charge on any atom is -0.726 e. The number of fused-ring (bicyclic) bond motifs is 2. The van der Waals surface area contributed by atoms with Crippen molar-refractivity contribution in [3.8, 4) is 0 Å². The van der Waals surface area contributed by atoms with E-state index in [1.165, 1.54) is 36.9 Å². The van der Waals surface area contributed by atoms with Crippen molar-refractivity contribution in [2.45, 2.75) is 19.3 Å². The predicted molar refractivity (Wildman–Crippen MR) is 131 cm³/mol. The summed E-state index contributed by atoms with van der Waals surface area (Å²) in [4.78, 5) is 0. The monoisotopic (exact) mass is 562 g/mol. The van der Waals surface area contributed by atoms with Gasteiger partial charge in [-0.1, -0.05) is 46.9 Å². The predicted octanol–water partition coefficient (Wildman–Crippen LogP) is 2.13. The number of hydrogen-bond donors (Lipinski definition) is 0. The summed E-state index contributed by atoms with van der Waals surface area (Å²) in [6, 6.07) is 17.3. The lowest BCUT2D eigenvalue weighted by atomic mass is 10.2. The second-order valence-corrected chi connectivity index (χ2v) is 11.6. The maximum absolute atomic E-state index is 9.22. The highest BCUT2D eigenvalue weighted by molar-refractivity contribution is 7.81. The third-order valence-electron chi connectivity index (χ3n) is 4.85. The highest BCUT2D eigenvalue weighted by Crippen LogP contribution is 2.23. The van der Waals surface area contributed by atoms with E-state index in [-0.39, 0.29) is 0 Å². The first kappa shape index (κ1) is 29.2. The van der Waals surface area contributed by atoms with Crippen molar-refractivity contribution in [1.29, 1.82) is 0 Å². The molecule has 0 amide bonds. The molecule has 4 rings (SSSR count). The Morgan fingerprint density at radius 3 is 1.31 bits per heavy atom. The number of thiazole rings is 2. The smallest absolute Gasteiger partial charge is 0.238 e. The van der Waals surface area contributed by atoms with Crippen LogP contribution in [0.4, 0.5) is 0 Å². The Bertz CT molecular complexity index is 1370. The van der Waals surface area contributed by atoms with Crippen molar-refractivity contribution in [3.63, 3.8) is 0 Å². The zero-order chi connectivity index (χ0) is 26.2. The zero-order valence-electron chi connectivity index (χ0n) is 19.5. The molecule has 0 aliphatic carbocycles. The zero-order valence-corrected chi connectivity index (χ0v) is 22.8. The maximum Gasteiger partial charge on any atom is 0.238 e. The molecule has 0 radical (unpaired) electrons. The fourth-order valence-corrected chi connectivity index (χ4v) is 5.51. The third-order valence-corrected chi connectivity index (χ3v) is 8.22. The first-order chi connectivity index (χ1) is 16.4. The molecule has 0 saturated carbocycles. The largest absolute Gasteiger partial charge is 0.726 e. The molecule has 2 heterocycles. The summed E-state index contributed by atoms with van der Waals surface area (Å²) >= 11 is 3.86. The van der Waals surface area contributed by atoms with Crippen LogP contribution in [0.25, 0.3) is 20.4 Å². The number of rotatable bonds is 6. The van der Waals surface area contributed by atoms with Crippen LogP contribution >= 0.6 is 22.7 Å². The Morgan fingerprint density at radius 1 is 0.714 bits per heavy atom. The van der Waals surface area contributed by atoms with E-state index in [1.807, 2.05) is 22.7 Å². The lowest BCUT2D eigenvalue weighted by molar-refractivity contribution is -0.649. The minimum atomic E-state index is -4.41. The Kier molecular flexibility index (Phi) is 10.7. The number of para-hydroxylation sites is 2. The van der Waals surface area contributed by atoms with Gasteiger partial charge in [-0.25, -0.2) is 16.8 Å². The van der Waals surface area contributed by atoms with Crippen LogP contribution in [-0.4, -0.2) is 40.2 Å². The second-order valence-electron chi connectivity index (χ2n) is 7.05. The van der Waals surface area contributed by atoms with Gasteiger partial charge in [-0.2, -0.15) is 9.13 Å². The van der Waals surface area contributed by atoms with Gasteiger partial charge >= 0.3 is 0 Å². The van der Waals surface area contributed by atoms with Crippen molar-refractivity contribution < 1.29 is 43.4 Å². The number of aromatic nitrogens is 2. The van der Waals surface area contributed by atoms with E-state index in [0.29, 0.717) is 0 Å². The Hall–Kier alpha value is -2.04. The highest BCUT2D eigenvalue weighted by atomic mass is 32.3. The molecule has 0 N–H and O–H groups in total. The van der Waals surface area contributed by atoms with E-state index < -0.39 is 20.8 Å². The van der Waals surface area contributed by atoms with Crippen molar-refractivity contribution in [1.82, 2.24) is 0 Å². The van der Waals surface area contributed by atoms with Crippen LogP contribution < -0.4 is 9.13 Å². The summed E-state index contributed by atoms with van der Waals surface area (Å²) in [6.45, 7) is 0. The molecule has 0 aliphatic heterocycles.